The van der Waals surface area contributed by atoms with Gasteiger partial charge in [-0.05, 0) is 52.8 Å². The summed E-state index contributed by atoms with van der Waals surface area (Å²) >= 11 is 11.7. The maximum Gasteiger partial charge on any atom is 0.171 e. The summed E-state index contributed by atoms with van der Waals surface area (Å²) in [5.41, 5.74) is 2.64. The van der Waals surface area contributed by atoms with Crippen LogP contribution in [0.3, 0.4) is 0 Å². The molecule has 0 spiro atoms. The molecule has 2 rings (SSSR count). The normalized spacial score (nSPS) is 10.3. The molecule has 0 atom stereocenters. The van der Waals surface area contributed by atoms with Gasteiger partial charge in [0.1, 0.15) is 5.82 Å². The predicted octanol–water partition coefficient (Wildman–Crippen LogP) is 5.15. The Bertz CT molecular complexity index is 636. The molecule has 0 aliphatic rings. The van der Waals surface area contributed by atoms with Crippen molar-refractivity contribution < 1.29 is 4.39 Å². The molecule has 0 saturated carbocycles. The first-order valence-corrected chi connectivity index (χ1v) is 8.20. The minimum absolute atomic E-state index is 0.319. The summed E-state index contributed by atoms with van der Waals surface area (Å²) in [6, 6.07) is 11.3. The third-order valence-electron chi connectivity index (χ3n) is 2.82. The van der Waals surface area contributed by atoms with E-state index in [0.717, 1.165) is 5.56 Å². The Kier molecular flexibility index (Phi) is 5.72. The van der Waals surface area contributed by atoms with E-state index in [2.05, 4.69) is 42.5 Å². The Hall–Kier alpha value is -0.980. The van der Waals surface area contributed by atoms with E-state index in [9.17, 15) is 4.39 Å². The standard InChI is InChI=1S/C15H13Br2FN2S/c1-9-2-4-10(5-3-9)8-19-15(21)20-14-12(17)6-11(16)7-13(14)18/h2-7H,8H2,1H3,(H2,19,20,21). The molecule has 0 radical (unpaired) electrons. The van der Waals surface area contributed by atoms with Gasteiger partial charge in [-0.25, -0.2) is 4.39 Å². The lowest BCUT2D eigenvalue weighted by Crippen LogP contribution is -2.28. The van der Waals surface area contributed by atoms with Crippen LogP contribution < -0.4 is 10.6 Å². The minimum Gasteiger partial charge on any atom is -0.358 e. The Labute approximate surface area is 145 Å². The van der Waals surface area contributed by atoms with Gasteiger partial charge in [0, 0.05) is 15.5 Å². The summed E-state index contributed by atoms with van der Waals surface area (Å²) in [7, 11) is 0. The van der Waals surface area contributed by atoms with Gasteiger partial charge in [0.05, 0.1) is 5.69 Å². The molecular formula is C15H13Br2FN2S. The Morgan fingerprint density at radius 2 is 1.86 bits per heavy atom. The number of anilines is 1. The summed E-state index contributed by atoms with van der Waals surface area (Å²) in [6.07, 6.45) is 0. The molecule has 0 amide bonds. The van der Waals surface area contributed by atoms with Crippen molar-refractivity contribution in [3.63, 3.8) is 0 Å². The molecule has 0 heterocycles. The lowest BCUT2D eigenvalue weighted by atomic mass is 10.1. The number of aryl methyl sites for hydroxylation is 1. The fraction of sp³-hybridized carbons (Fsp3) is 0.133. The molecule has 2 nitrogen and oxygen atoms in total. The second-order valence-corrected chi connectivity index (χ2v) is 6.72. The average Bonchev–Trinajstić information content (AvgIpc) is 2.42. The van der Waals surface area contributed by atoms with Crippen LogP contribution >= 0.6 is 44.1 Å². The first kappa shape index (κ1) is 16.4. The van der Waals surface area contributed by atoms with Crippen molar-refractivity contribution >= 4 is 54.9 Å². The van der Waals surface area contributed by atoms with Crippen molar-refractivity contribution in [1.29, 1.82) is 0 Å². The summed E-state index contributed by atoms with van der Waals surface area (Å²) < 4.78 is 15.1. The summed E-state index contributed by atoms with van der Waals surface area (Å²) in [5.74, 6) is -0.379. The highest BCUT2D eigenvalue weighted by molar-refractivity contribution is 9.11. The molecule has 0 unspecified atom stereocenters. The van der Waals surface area contributed by atoms with Crippen LogP contribution in [0.5, 0.6) is 0 Å². The van der Waals surface area contributed by atoms with Gasteiger partial charge in [-0.15, -0.1) is 0 Å². The molecule has 0 bridgehead atoms. The van der Waals surface area contributed by atoms with E-state index in [-0.39, 0.29) is 5.82 Å². The van der Waals surface area contributed by atoms with E-state index >= 15 is 0 Å². The monoisotopic (exact) mass is 430 g/mol. The second kappa shape index (κ2) is 7.33. The fourth-order valence-corrected chi connectivity index (χ4v) is 3.15. The Balaban J connectivity index is 1.97. The predicted molar refractivity (Wildman–Crippen MR) is 96.0 cm³/mol. The highest BCUT2D eigenvalue weighted by Crippen LogP contribution is 2.29. The van der Waals surface area contributed by atoms with E-state index in [4.69, 9.17) is 12.2 Å². The van der Waals surface area contributed by atoms with E-state index in [0.29, 0.717) is 26.3 Å². The number of hydrogen-bond acceptors (Lipinski definition) is 1. The zero-order valence-electron chi connectivity index (χ0n) is 11.2. The van der Waals surface area contributed by atoms with Crippen LogP contribution in [-0.2, 0) is 6.54 Å². The lowest BCUT2D eigenvalue weighted by molar-refractivity contribution is 0.630. The molecular weight excluding hydrogens is 419 g/mol. The van der Waals surface area contributed by atoms with Crippen molar-refractivity contribution in [3.8, 4) is 0 Å². The lowest BCUT2D eigenvalue weighted by Gasteiger charge is -2.13. The van der Waals surface area contributed by atoms with E-state index in [1.807, 2.05) is 31.2 Å². The van der Waals surface area contributed by atoms with Crippen LogP contribution in [0, 0.1) is 12.7 Å². The van der Waals surface area contributed by atoms with Crippen molar-refractivity contribution in [2.24, 2.45) is 0 Å². The second-order valence-electron chi connectivity index (χ2n) is 4.54. The molecule has 0 aliphatic carbocycles. The Morgan fingerprint density at radius 1 is 1.19 bits per heavy atom. The van der Waals surface area contributed by atoms with Crippen molar-refractivity contribution in [3.05, 3.63) is 62.3 Å². The van der Waals surface area contributed by atoms with E-state index in [1.165, 1.54) is 11.6 Å². The first-order chi connectivity index (χ1) is 9.95. The van der Waals surface area contributed by atoms with Crippen LogP contribution in [0.25, 0.3) is 0 Å². The quantitative estimate of drug-likeness (QED) is 0.657. The molecule has 6 heteroatoms. The van der Waals surface area contributed by atoms with Crippen molar-refractivity contribution in [1.82, 2.24) is 5.32 Å². The molecule has 0 fully saturated rings. The summed E-state index contributed by atoms with van der Waals surface area (Å²) in [6.45, 7) is 2.62. The summed E-state index contributed by atoms with van der Waals surface area (Å²) in [5, 5.41) is 6.29. The van der Waals surface area contributed by atoms with E-state index < -0.39 is 0 Å². The largest absolute Gasteiger partial charge is 0.358 e. The van der Waals surface area contributed by atoms with Gasteiger partial charge < -0.3 is 10.6 Å². The van der Waals surface area contributed by atoms with Gasteiger partial charge in [-0.2, -0.15) is 0 Å². The van der Waals surface area contributed by atoms with Crippen LogP contribution in [0.2, 0.25) is 0 Å². The van der Waals surface area contributed by atoms with Gasteiger partial charge in [0.2, 0.25) is 0 Å². The molecule has 110 valence electrons. The van der Waals surface area contributed by atoms with Crippen molar-refractivity contribution in [2.45, 2.75) is 13.5 Å². The molecule has 0 saturated heterocycles. The number of rotatable bonds is 3. The van der Waals surface area contributed by atoms with Gasteiger partial charge in [-0.3, -0.25) is 0 Å². The third-order valence-corrected chi connectivity index (χ3v) is 4.15. The first-order valence-electron chi connectivity index (χ1n) is 6.20. The van der Waals surface area contributed by atoms with Crippen LogP contribution in [0.4, 0.5) is 10.1 Å². The zero-order chi connectivity index (χ0) is 15.4. The maximum absolute atomic E-state index is 13.9. The molecule has 2 aromatic carbocycles. The smallest absolute Gasteiger partial charge is 0.171 e. The number of thiocarbonyl (C=S) groups is 1. The van der Waals surface area contributed by atoms with Crippen molar-refractivity contribution in [2.75, 3.05) is 5.32 Å². The third kappa shape index (κ3) is 4.76. The summed E-state index contributed by atoms with van der Waals surface area (Å²) in [4.78, 5) is 0. The molecule has 2 N–H and O–H groups in total. The Morgan fingerprint density at radius 3 is 2.48 bits per heavy atom. The van der Waals surface area contributed by atoms with Crippen LogP contribution in [0.15, 0.2) is 45.3 Å². The van der Waals surface area contributed by atoms with Gasteiger partial charge in [-0.1, -0.05) is 45.8 Å². The minimum atomic E-state index is -0.379. The topological polar surface area (TPSA) is 24.1 Å². The van der Waals surface area contributed by atoms with Gasteiger partial charge in [0.25, 0.3) is 0 Å². The highest BCUT2D eigenvalue weighted by atomic mass is 79.9. The molecule has 21 heavy (non-hydrogen) atoms. The SMILES string of the molecule is Cc1ccc(CNC(=S)Nc2c(F)cc(Br)cc2Br)cc1. The fourth-order valence-electron chi connectivity index (χ4n) is 1.71. The van der Waals surface area contributed by atoms with E-state index in [1.54, 1.807) is 6.07 Å². The number of benzene rings is 2. The zero-order valence-corrected chi connectivity index (χ0v) is 15.2. The number of halogens is 3. The maximum atomic E-state index is 13.9. The molecule has 2 aromatic rings. The van der Waals surface area contributed by atoms with Crippen LogP contribution in [-0.4, -0.2) is 5.11 Å². The van der Waals surface area contributed by atoms with Gasteiger partial charge in [0.15, 0.2) is 5.11 Å². The van der Waals surface area contributed by atoms with Crippen LogP contribution in [0.1, 0.15) is 11.1 Å². The number of nitrogens with one attached hydrogen (secondary N) is 2. The number of hydrogen-bond donors (Lipinski definition) is 2. The van der Waals surface area contributed by atoms with Gasteiger partial charge >= 0.3 is 0 Å². The molecule has 0 aliphatic heterocycles. The molecule has 0 aromatic heterocycles. The average molecular weight is 432 g/mol. The highest BCUT2D eigenvalue weighted by Gasteiger charge is 2.10.